The topological polar surface area (TPSA) is 78.2 Å². The SMILES string of the molecule is COc1cc([C@H]2c3c(oc4ccc(Cl)cc4c3=O)C(=O)N2C[C@@H]2CCCO2)ccc1OCC(C)C. The predicted molar refractivity (Wildman–Crippen MR) is 133 cm³/mol. The molecule has 0 aliphatic carbocycles. The van der Waals surface area contributed by atoms with Gasteiger partial charge in [0.2, 0.25) is 5.76 Å². The van der Waals surface area contributed by atoms with E-state index in [0.29, 0.717) is 58.7 Å². The number of carbonyl (C=O) groups excluding carboxylic acids is 1. The van der Waals surface area contributed by atoms with Gasteiger partial charge in [0, 0.05) is 18.2 Å². The van der Waals surface area contributed by atoms with E-state index in [4.69, 9.17) is 30.2 Å². The molecule has 0 saturated carbocycles. The van der Waals surface area contributed by atoms with Gasteiger partial charge >= 0.3 is 0 Å². The van der Waals surface area contributed by atoms with Gasteiger partial charge in [0.25, 0.3) is 5.91 Å². The molecule has 3 aromatic rings. The van der Waals surface area contributed by atoms with Crippen LogP contribution in [-0.4, -0.2) is 43.8 Å². The smallest absolute Gasteiger partial charge is 0.291 e. The van der Waals surface area contributed by atoms with E-state index in [1.165, 1.54) is 0 Å². The molecule has 0 radical (unpaired) electrons. The van der Waals surface area contributed by atoms with E-state index in [1.807, 2.05) is 18.2 Å². The molecular formula is C27H28ClNO6. The highest BCUT2D eigenvalue weighted by molar-refractivity contribution is 6.31. The monoisotopic (exact) mass is 497 g/mol. The molecule has 2 atom stereocenters. The van der Waals surface area contributed by atoms with Crippen molar-refractivity contribution >= 4 is 28.5 Å². The maximum Gasteiger partial charge on any atom is 0.291 e. The fourth-order valence-electron chi connectivity index (χ4n) is 4.77. The third-order valence-electron chi connectivity index (χ3n) is 6.43. The Morgan fingerprint density at radius 3 is 2.69 bits per heavy atom. The molecule has 184 valence electrons. The molecule has 0 spiro atoms. The largest absolute Gasteiger partial charge is 0.493 e. The number of benzene rings is 2. The van der Waals surface area contributed by atoms with Gasteiger partial charge in [-0.15, -0.1) is 0 Å². The standard InChI is InChI=1S/C27H28ClNO6/c1-15(2)14-34-21-8-6-16(11-22(21)32-3)24-23-25(30)19-12-17(28)7-9-20(19)35-26(23)27(31)29(24)13-18-5-4-10-33-18/h6-9,11-12,15,18,24H,4-5,10,13-14H2,1-3H3/t18-,24-/m0/s1. The lowest BCUT2D eigenvalue weighted by atomic mass is 9.97. The first-order chi connectivity index (χ1) is 16.9. The first-order valence-corrected chi connectivity index (χ1v) is 12.2. The minimum absolute atomic E-state index is 0.0620. The van der Waals surface area contributed by atoms with Gasteiger partial charge in [-0.1, -0.05) is 31.5 Å². The van der Waals surface area contributed by atoms with Crippen molar-refractivity contribution in [2.45, 2.75) is 38.8 Å². The number of fused-ring (bicyclic) bond motifs is 2. The Morgan fingerprint density at radius 1 is 1.14 bits per heavy atom. The van der Waals surface area contributed by atoms with E-state index in [1.54, 1.807) is 30.2 Å². The van der Waals surface area contributed by atoms with Crippen molar-refractivity contribution in [2.75, 3.05) is 26.9 Å². The summed E-state index contributed by atoms with van der Waals surface area (Å²) in [7, 11) is 1.57. The quantitative estimate of drug-likeness (QED) is 0.445. The van der Waals surface area contributed by atoms with Crippen LogP contribution in [0.1, 0.15) is 54.4 Å². The maximum atomic E-state index is 13.7. The van der Waals surface area contributed by atoms with Crippen LogP contribution in [0.15, 0.2) is 45.6 Å². The third kappa shape index (κ3) is 4.39. The Hall–Kier alpha value is -3.03. The van der Waals surface area contributed by atoms with E-state index in [0.717, 1.165) is 18.4 Å². The fraction of sp³-hybridized carbons (Fsp3) is 0.407. The van der Waals surface area contributed by atoms with Crippen LogP contribution >= 0.6 is 11.6 Å². The zero-order valence-corrected chi connectivity index (χ0v) is 20.8. The number of methoxy groups -OCH3 is 1. The van der Waals surface area contributed by atoms with Gasteiger partial charge in [-0.2, -0.15) is 0 Å². The summed E-state index contributed by atoms with van der Waals surface area (Å²) in [5.41, 5.74) is 1.11. The predicted octanol–water partition coefficient (Wildman–Crippen LogP) is 5.21. The van der Waals surface area contributed by atoms with Gasteiger partial charge in [-0.25, -0.2) is 0 Å². The van der Waals surface area contributed by atoms with Crippen molar-refractivity contribution in [3.05, 3.63) is 68.5 Å². The molecule has 35 heavy (non-hydrogen) atoms. The number of halogens is 1. The lowest BCUT2D eigenvalue weighted by Gasteiger charge is -2.28. The molecule has 2 aliphatic heterocycles. The average molecular weight is 498 g/mol. The molecule has 1 aromatic heterocycles. The molecule has 2 aliphatic rings. The van der Waals surface area contributed by atoms with Gasteiger partial charge in [0.05, 0.1) is 36.8 Å². The molecule has 8 heteroatoms. The van der Waals surface area contributed by atoms with E-state index in [9.17, 15) is 9.59 Å². The first kappa shape index (κ1) is 23.7. The second-order valence-electron chi connectivity index (χ2n) is 9.42. The second-order valence-corrected chi connectivity index (χ2v) is 9.86. The fourth-order valence-corrected chi connectivity index (χ4v) is 4.94. The number of ether oxygens (including phenoxy) is 3. The van der Waals surface area contributed by atoms with Crippen LogP contribution in [0.2, 0.25) is 5.02 Å². The van der Waals surface area contributed by atoms with Crippen LogP contribution in [-0.2, 0) is 4.74 Å². The highest BCUT2D eigenvalue weighted by Gasteiger charge is 2.44. The average Bonchev–Trinajstić information content (AvgIpc) is 3.45. The van der Waals surface area contributed by atoms with E-state index in [-0.39, 0.29) is 23.2 Å². The number of carbonyl (C=O) groups is 1. The summed E-state index contributed by atoms with van der Waals surface area (Å²) in [6.45, 7) is 5.71. The van der Waals surface area contributed by atoms with Crippen molar-refractivity contribution in [1.29, 1.82) is 0 Å². The van der Waals surface area contributed by atoms with Crippen LogP contribution in [0.5, 0.6) is 11.5 Å². The number of hydrogen-bond acceptors (Lipinski definition) is 6. The van der Waals surface area contributed by atoms with Crippen molar-refractivity contribution in [3.63, 3.8) is 0 Å². The molecule has 2 aromatic carbocycles. The van der Waals surface area contributed by atoms with Crippen LogP contribution in [0.4, 0.5) is 0 Å². The molecule has 0 bridgehead atoms. The van der Waals surface area contributed by atoms with E-state index >= 15 is 0 Å². The first-order valence-electron chi connectivity index (χ1n) is 11.9. The van der Waals surface area contributed by atoms with Crippen LogP contribution in [0.25, 0.3) is 11.0 Å². The second kappa shape index (κ2) is 9.55. The summed E-state index contributed by atoms with van der Waals surface area (Å²) in [6, 6.07) is 9.71. The summed E-state index contributed by atoms with van der Waals surface area (Å²) >= 11 is 6.17. The summed E-state index contributed by atoms with van der Waals surface area (Å²) < 4.78 is 23.3. The Balaban J connectivity index is 1.64. The zero-order valence-electron chi connectivity index (χ0n) is 20.0. The normalized spacial score (nSPS) is 19.6. The van der Waals surface area contributed by atoms with Crippen LogP contribution in [0, 0.1) is 5.92 Å². The number of rotatable bonds is 7. The lowest BCUT2D eigenvalue weighted by Crippen LogP contribution is -2.36. The van der Waals surface area contributed by atoms with Crippen molar-refractivity contribution < 1.29 is 23.4 Å². The van der Waals surface area contributed by atoms with E-state index in [2.05, 4.69) is 13.8 Å². The summed E-state index contributed by atoms with van der Waals surface area (Å²) in [4.78, 5) is 29.0. The van der Waals surface area contributed by atoms with E-state index < -0.39 is 6.04 Å². The lowest BCUT2D eigenvalue weighted by molar-refractivity contribution is 0.0486. The summed E-state index contributed by atoms with van der Waals surface area (Å²) in [6.07, 6.45) is 1.71. The number of amides is 1. The Bertz CT molecular complexity index is 1330. The highest BCUT2D eigenvalue weighted by atomic mass is 35.5. The summed E-state index contributed by atoms with van der Waals surface area (Å²) in [5.74, 6) is 1.23. The summed E-state index contributed by atoms with van der Waals surface area (Å²) in [5, 5.41) is 0.770. The zero-order chi connectivity index (χ0) is 24.7. The maximum absolute atomic E-state index is 13.7. The van der Waals surface area contributed by atoms with Crippen molar-refractivity contribution in [1.82, 2.24) is 4.90 Å². The third-order valence-corrected chi connectivity index (χ3v) is 6.66. The Morgan fingerprint density at radius 2 is 1.97 bits per heavy atom. The number of hydrogen-bond donors (Lipinski definition) is 0. The number of nitrogens with zero attached hydrogens (tertiary/aromatic N) is 1. The van der Waals surface area contributed by atoms with Gasteiger partial charge < -0.3 is 23.5 Å². The van der Waals surface area contributed by atoms with Gasteiger partial charge in [-0.05, 0) is 54.7 Å². The van der Waals surface area contributed by atoms with Crippen LogP contribution < -0.4 is 14.9 Å². The minimum Gasteiger partial charge on any atom is -0.493 e. The Kier molecular flexibility index (Phi) is 6.47. The minimum atomic E-state index is -0.644. The van der Waals surface area contributed by atoms with Crippen molar-refractivity contribution in [2.24, 2.45) is 5.92 Å². The molecule has 0 N–H and O–H groups in total. The van der Waals surface area contributed by atoms with Gasteiger partial charge in [0.15, 0.2) is 16.9 Å². The highest BCUT2D eigenvalue weighted by Crippen LogP contribution is 2.41. The molecule has 1 amide bonds. The Labute approximate surface area is 208 Å². The molecule has 7 nitrogen and oxygen atoms in total. The van der Waals surface area contributed by atoms with Crippen molar-refractivity contribution in [3.8, 4) is 11.5 Å². The molecule has 3 heterocycles. The molecule has 0 unspecified atom stereocenters. The molecular weight excluding hydrogens is 470 g/mol. The van der Waals surface area contributed by atoms with Gasteiger partial charge in [-0.3, -0.25) is 9.59 Å². The molecule has 1 saturated heterocycles. The molecule has 5 rings (SSSR count). The molecule has 1 fully saturated rings. The van der Waals surface area contributed by atoms with Crippen LogP contribution in [0.3, 0.4) is 0 Å². The van der Waals surface area contributed by atoms with Gasteiger partial charge in [0.1, 0.15) is 5.58 Å².